The van der Waals surface area contributed by atoms with E-state index in [0.717, 1.165) is 16.3 Å². The quantitative estimate of drug-likeness (QED) is 0.816. The van der Waals surface area contributed by atoms with Crippen molar-refractivity contribution in [1.82, 2.24) is 9.88 Å². The first-order valence-corrected chi connectivity index (χ1v) is 9.62. The van der Waals surface area contributed by atoms with Gasteiger partial charge in [-0.05, 0) is 38.1 Å². The minimum absolute atomic E-state index is 0.130. The van der Waals surface area contributed by atoms with Crippen molar-refractivity contribution in [3.63, 3.8) is 0 Å². The highest BCUT2D eigenvalue weighted by molar-refractivity contribution is 7.17. The van der Waals surface area contributed by atoms with Crippen LogP contribution < -0.4 is 4.74 Å². The van der Waals surface area contributed by atoms with Gasteiger partial charge in [0.2, 0.25) is 0 Å². The number of rotatable bonds is 6. The molecule has 3 rings (SSSR count). The number of carbonyl (C=O) groups is 2. The average molecular weight is 390 g/mol. The normalized spacial score (nSPS) is 17.0. The highest BCUT2D eigenvalue weighted by Gasteiger charge is 2.31. The zero-order chi connectivity index (χ0) is 19.4. The van der Waals surface area contributed by atoms with E-state index in [-0.39, 0.29) is 18.9 Å². The fourth-order valence-electron chi connectivity index (χ4n) is 3.00. The van der Waals surface area contributed by atoms with E-state index >= 15 is 0 Å². The maximum absolute atomic E-state index is 13.0. The van der Waals surface area contributed by atoms with E-state index in [4.69, 9.17) is 14.6 Å². The second-order valence-electron chi connectivity index (χ2n) is 6.22. The molecular weight excluding hydrogens is 368 g/mol. The third kappa shape index (κ3) is 4.45. The topological polar surface area (TPSA) is 89.0 Å². The summed E-state index contributed by atoms with van der Waals surface area (Å²) in [7, 11) is 0. The zero-order valence-corrected chi connectivity index (χ0v) is 16.1. The molecule has 27 heavy (non-hydrogen) atoms. The van der Waals surface area contributed by atoms with Gasteiger partial charge in [0, 0.05) is 12.1 Å². The molecule has 1 fully saturated rings. The Balaban J connectivity index is 1.82. The smallest absolute Gasteiger partial charge is 0.305 e. The summed E-state index contributed by atoms with van der Waals surface area (Å²) >= 11 is 1.32. The summed E-state index contributed by atoms with van der Waals surface area (Å²) in [5.74, 6) is -0.341. The number of morpholine rings is 1. The maximum Gasteiger partial charge on any atom is 0.305 e. The molecule has 1 N–H and O–H groups in total. The molecule has 1 aliphatic rings. The Bertz CT molecular complexity index is 818. The number of carbonyl (C=O) groups excluding carboxylic acids is 1. The molecule has 0 spiro atoms. The van der Waals surface area contributed by atoms with E-state index in [1.165, 1.54) is 11.3 Å². The Labute approximate surface area is 161 Å². The number of carboxylic acids is 1. The Kier molecular flexibility index (Phi) is 6.08. The first-order valence-electron chi connectivity index (χ1n) is 8.80. The van der Waals surface area contributed by atoms with Gasteiger partial charge in [0.15, 0.2) is 0 Å². The lowest BCUT2D eigenvalue weighted by Crippen LogP contribution is -2.49. The van der Waals surface area contributed by atoms with Crippen molar-refractivity contribution in [1.29, 1.82) is 0 Å². The van der Waals surface area contributed by atoms with E-state index < -0.39 is 12.0 Å². The third-order valence-electron chi connectivity index (χ3n) is 4.30. The summed E-state index contributed by atoms with van der Waals surface area (Å²) < 4.78 is 10.8. The van der Waals surface area contributed by atoms with E-state index in [0.29, 0.717) is 30.3 Å². The molecule has 0 aliphatic carbocycles. The van der Waals surface area contributed by atoms with Crippen LogP contribution in [-0.2, 0) is 9.53 Å². The number of nitrogens with zero attached hydrogens (tertiary/aromatic N) is 2. The summed E-state index contributed by atoms with van der Waals surface area (Å²) in [4.78, 5) is 30.8. The summed E-state index contributed by atoms with van der Waals surface area (Å²) in [6.07, 6.45) is -0.130. The van der Waals surface area contributed by atoms with Crippen LogP contribution in [0.25, 0.3) is 10.6 Å². The number of benzene rings is 1. The second kappa shape index (κ2) is 8.49. The van der Waals surface area contributed by atoms with Crippen LogP contribution in [0.5, 0.6) is 5.75 Å². The van der Waals surface area contributed by atoms with Crippen LogP contribution in [0.15, 0.2) is 24.3 Å². The van der Waals surface area contributed by atoms with Crippen molar-refractivity contribution in [2.75, 3.05) is 26.4 Å². The molecule has 0 bridgehead atoms. The van der Waals surface area contributed by atoms with Gasteiger partial charge in [0.1, 0.15) is 15.6 Å². The van der Waals surface area contributed by atoms with Gasteiger partial charge >= 0.3 is 5.97 Å². The van der Waals surface area contributed by atoms with Gasteiger partial charge in [-0.15, -0.1) is 11.3 Å². The number of thiazole rings is 1. The van der Waals surface area contributed by atoms with Gasteiger partial charge in [0.25, 0.3) is 5.91 Å². The van der Waals surface area contributed by atoms with Crippen molar-refractivity contribution in [2.45, 2.75) is 26.3 Å². The molecule has 1 atom stereocenters. The minimum atomic E-state index is -0.945. The van der Waals surface area contributed by atoms with Crippen molar-refractivity contribution >= 4 is 23.2 Å². The molecular formula is C19H22N2O5S. The molecule has 8 heteroatoms. The fourth-order valence-corrected chi connectivity index (χ4v) is 4.03. The van der Waals surface area contributed by atoms with Crippen LogP contribution in [0, 0.1) is 6.92 Å². The zero-order valence-electron chi connectivity index (χ0n) is 15.3. The Morgan fingerprint density at radius 3 is 2.78 bits per heavy atom. The second-order valence-corrected chi connectivity index (χ2v) is 7.22. The molecule has 1 unspecified atom stereocenters. The number of hydrogen-bond acceptors (Lipinski definition) is 6. The van der Waals surface area contributed by atoms with E-state index in [2.05, 4.69) is 4.98 Å². The molecule has 1 aromatic carbocycles. The van der Waals surface area contributed by atoms with Crippen LogP contribution in [0.3, 0.4) is 0 Å². The maximum atomic E-state index is 13.0. The van der Waals surface area contributed by atoms with E-state index in [1.54, 1.807) is 11.8 Å². The number of aromatic nitrogens is 1. The molecule has 7 nitrogen and oxygen atoms in total. The lowest BCUT2D eigenvalue weighted by molar-refractivity contribution is -0.139. The molecule has 0 saturated carbocycles. The molecule has 1 amide bonds. The van der Waals surface area contributed by atoms with Gasteiger partial charge < -0.3 is 19.5 Å². The summed E-state index contributed by atoms with van der Waals surface area (Å²) in [5, 5.41) is 9.84. The highest BCUT2D eigenvalue weighted by Crippen LogP contribution is 2.31. The molecule has 0 radical (unpaired) electrons. The third-order valence-corrected chi connectivity index (χ3v) is 5.50. The Morgan fingerprint density at radius 1 is 1.37 bits per heavy atom. The van der Waals surface area contributed by atoms with Crippen LogP contribution >= 0.6 is 11.3 Å². The Morgan fingerprint density at radius 2 is 2.11 bits per heavy atom. The predicted octanol–water partition coefficient (Wildman–Crippen LogP) is 2.83. The molecule has 144 valence electrons. The molecule has 1 aromatic heterocycles. The first-order chi connectivity index (χ1) is 13.0. The monoisotopic (exact) mass is 390 g/mol. The van der Waals surface area contributed by atoms with Crippen molar-refractivity contribution in [3.05, 3.63) is 34.8 Å². The lowest BCUT2D eigenvalue weighted by Gasteiger charge is -2.34. The number of ether oxygens (including phenoxy) is 2. The van der Waals surface area contributed by atoms with Gasteiger partial charge in [-0.2, -0.15) is 0 Å². The number of amides is 1. The first kappa shape index (κ1) is 19.3. The van der Waals surface area contributed by atoms with Gasteiger partial charge in [-0.3, -0.25) is 9.59 Å². The summed E-state index contributed by atoms with van der Waals surface area (Å²) in [6.45, 7) is 5.36. The standard InChI is InChI=1S/C19H22N2O5S/c1-3-26-15-6-4-13(5-7-15)18-20-12(2)17(27-18)19(24)21-8-9-25-11-14(21)10-16(22)23/h4-7,14H,3,8-11H2,1-2H3,(H,22,23). The van der Waals surface area contributed by atoms with Crippen LogP contribution in [0.2, 0.25) is 0 Å². The number of hydrogen-bond donors (Lipinski definition) is 1. The van der Waals surface area contributed by atoms with E-state index in [1.807, 2.05) is 31.2 Å². The number of aliphatic carboxylic acids is 1. The van der Waals surface area contributed by atoms with Crippen molar-refractivity contribution in [3.8, 4) is 16.3 Å². The molecule has 1 saturated heterocycles. The average Bonchev–Trinajstić information content (AvgIpc) is 3.04. The summed E-state index contributed by atoms with van der Waals surface area (Å²) in [6, 6.07) is 7.13. The molecule has 2 heterocycles. The number of carboxylic acid groups (broad SMARTS) is 1. The minimum Gasteiger partial charge on any atom is -0.494 e. The summed E-state index contributed by atoms with van der Waals surface area (Å²) in [5.41, 5.74) is 1.56. The van der Waals surface area contributed by atoms with Crippen molar-refractivity contribution < 1.29 is 24.2 Å². The largest absolute Gasteiger partial charge is 0.494 e. The fraction of sp³-hybridized carbons (Fsp3) is 0.421. The van der Waals surface area contributed by atoms with Crippen molar-refractivity contribution in [2.24, 2.45) is 0 Å². The predicted molar refractivity (Wildman–Crippen MR) is 101 cm³/mol. The Hall–Kier alpha value is -2.45. The molecule has 2 aromatic rings. The van der Waals surface area contributed by atoms with E-state index in [9.17, 15) is 9.59 Å². The van der Waals surface area contributed by atoms with Gasteiger partial charge in [-0.25, -0.2) is 4.98 Å². The SMILES string of the molecule is CCOc1ccc(-c2nc(C)c(C(=O)N3CCOCC3CC(=O)O)s2)cc1. The lowest BCUT2D eigenvalue weighted by atomic mass is 10.1. The van der Waals surface area contributed by atoms with Gasteiger partial charge in [0.05, 0.1) is 38.0 Å². The van der Waals surface area contributed by atoms with Crippen LogP contribution in [0.4, 0.5) is 0 Å². The highest BCUT2D eigenvalue weighted by atomic mass is 32.1. The van der Waals surface area contributed by atoms with Crippen LogP contribution in [0.1, 0.15) is 28.7 Å². The van der Waals surface area contributed by atoms with Gasteiger partial charge in [-0.1, -0.05) is 0 Å². The molecule has 1 aliphatic heterocycles. The number of aryl methyl sites for hydroxylation is 1. The van der Waals surface area contributed by atoms with Crippen LogP contribution in [-0.4, -0.2) is 59.3 Å².